The van der Waals surface area contributed by atoms with Gasteiger partial charge in [-0.05, 0) is 5.56 Å². The van der Waals surface area contributed by atoms with Gasteiger partial charge in [0.15, 0.2) is 0 Å². The monoisotopic (exact) mass is 274 g/mol. The molecule has 2 rings (SSSR count). The van der Waals surface area contributed by atoms with Gasteiger partial charge in [0.05, 0.1) is 0 Å². The highest BCUT2D eigenvalue weighted by atomic mass is 16.5. The van der Waals surface area contributed by atoms with E-state index in [0.29, 0.717) is 0 Å². The largest absolute Gasteiger partial charge is 0.482 e. The second-order valence-electron chi connectivity index (χ2n) is 4.13. The summed E-state index contributed by atoms with van der Waals surface area (Å²) in [7, 11) is 0. The second-order valence-corrected chi connectivity index (χ2v) is 4.13. The van der Waals surface area contributed by atoms with E-state index in [1.54, 1.807) is 0 Å². The molecule has 0 radical (unpaired) electrons. The number of rotatable bonds is 5. The lowest BCUT2D eigenvalue weighted by Gasteiger charge is -2.06. The standard InChI is InChI=1S/C15H14O5/c1-11(16)18-9-13-7-14(17)15(10-19-13)20-8-12-5-3-2-4-6-12/h2-7,10H,8-9H2,1H3. The van der Waals surface area contributed by atoms with Crippen LogP contribution in [-0.4, -0.2) is 5.97 Å². The summed E-state index contributed by atoms with van der Waals surface area (Å²) in [5.74, 6) is -0.0326. The van der Waals surface area contributed by atoms with Crippen molar-refractivity contribution in [3.63, 3.8) is 0 Å². The predicted molar refractivity (Wildman–Crippen MR) is 71.2 cm³/mol. The maximum Gasteiger partial charge on any atom is 0.303 e. The molecule has 1 aromatic heterocycles. The number of benzene rings is 1. The van der Waals surface area contributed by atoms with Gasteiger partial charge in [-0.15, -0.1) is 0 Å². The molecule has 0 aliphatic heterocycles. The Bertz CT molecular complexity index is 630. The van der Waals surface area contributed by atoms with E-state index < -0.39 is 5.97 Å². The smallest absolute Gasteiger partial charge is 0.303 e. The summed E-state index contributed by atoms with van der Waals surface area (Å²) in [6.07, 6.45) is 1.23. The molecule has 1 heterocycles. The Morgan fingerprint density at radius 3 is 2.60 bits per heavy atom. The van der Waals surface area contributed by atoms with Gasteiger partial charge in [0, 0.05) is 13.0 Å². The van der Waals surface area contributed by atoms with Gasteiger partial charge in [0.25, 0.3) is 0 Å². The highest BCUT2D eigenvalue weighted by Crippen LogP contribution is 2.09. The fraction of sp³-hybridized carbons (Fsp3) is 0.200. The summed E-state index contributed by atoms with van der Waals surface area (Å²) < 4.78 is 15.3. The van der Waals surface area contributed by atoms with Crippen LogP contribution in [0.3, 0.4) is 0 Å². The van der Waals surface area contributed by atoms with Crippen LogP contribution in [0.5, 0.6) is 5.75 Å². The molecule has 0 atom stereocenters. The molecule has 0 spiro atoms. The molecule has 5 nitrogen and oxygen atoms in total. The van der Waals surface area contributed by atoms with Crippen molar-refractivity contribution in [2.24, 2.45) is 0 Å². The number of hydrogen-bond acceptors (Lipinski definition) is 5. The van der Waals surface area contributed by atoms with Crippen molar-refractivity contribution < 1.29 is 18.7 Å². The van der Waals surface area contributed by atoms with E-state index in [1.165, 1.54) is 19.3 Å². The third kappa shape index (κ3) is 3.98. The highest BCUT2D eigenvalue weighted by Gasteiger charge is 2.06. The first-order valence-electron chi connectivity index (χ1n) is 6.07. The number of carbonyl (C=O) groups excluding carboxylic acids is 1. The molecule has 2 aromatic rings. The Morgan fingerprint density at radius 1 is 1.20 bits per heavy atom. The van der Waals surface area contributed by atoms with Gasteiger partial charge >= 0.3 is 5.97 Å². The first kappa shape index (κ1) is 13.9. The van der Waals surface area contributed by atoms with Crippen molar-refractivity contribution >= 4 is 5.97 Å². The molecular weight excluding hydrogens is 260 g/mol. The minimum absolute atomic E-state index is 0.0659. The molecule has 20 heavy (non-hydrogen) atoms. The van der Waals surface area contributed by atoms with Gasteiger partial charge in [-0.2, -0.15) is 0 Å². The summed E-state index contributed by atoms with van der Waals surface area (Å²) in [5.41, 5.74) is 0.644. The van der Waals surface area contributed by atoms with Gasteiger partial charge in [-0.3, -0.25) is 9.59 Å². The SMILES string of the molecule is CC(=O)OCc1cc(=O)c(OCc2ccccc2)co1. The third-order valence-electron chi connectivity index (χ3n) is 2.51. The first-order chi connectivity index (χ1) is 9.65. The molecule has 0 fully saturated rings. The Labute approximate surface area is 115 Å². The average Bonchev–Trinajstić information content (AvgIpc) is 2.45. The number of carbonyl (C=O) groups is 1. The van der Waals surface area contributed by atoms with Gasteiger partial charge in [0.2, 0.25) is 11.2 Å². The van der Waals surface area contributed by atoms with E-state index >= 15 is 0 Å². The fourth-order valence-electron chi connectivity index (χ4n) is 1.53. The minimum Gasteiger partial charge on any atom is -0.482 e. The Kier molecular flexibility index (Phi) is 4.55. The molecule has 0 amide bonds. The van der Waals surface area contributed by atoms with Crippen molar-refractivity contribution in [1.82, 2.24) is 0 Å². The normalized spacial score (nSPS) is 10.1. The van der Waals surface area contributed by atoms with Crippen LogP contribution < -0.4 is 10.2 Å². The van der Waals surface area contributed by atoms with Crippen LogP contribution in [0.2, 0.25) is 0 Å². The first-order valence-corrected chi connectivity index (χ1v) is 6.07. The summed E-state index contributed by atoms with van der Waals surface area (Å²) in [6.45, 7) is 1.51. The molecule has 1 aromatic carbocycles. The summed E-state index contributed by atoms with van der Waals surface area (Å²) in [6, 6.07) is 10.7. The third-order valence-corrected chi connectivity index (χ3v) is 2.51. The molecule has 104 valence electrons. The van der Waals surface area contributed by atoms with E-state index in [9.17, 15) is 9.59 Å². The zero-order valence-corrected chi connectivity index (χ0v) is 11.0. The minimum atomic E-state index is -0.433. The Morgan fingerprint density at radius 2 is 1.95 bits per heavy atom. The van der Waals surface area contributed by atoms with Crippen LogP contribution in [0.4, 0.5) is 0 Å². The van der Waals surface area contributed by atoms with Crippen LogP contribution >= 0.6 is 0 Å². The molecule has 0 saturated carbocycles. The topological polar surface area (TPSA) is 65.7 Å². The highest BCUT2D eigenvalue weighted by molar-refractivity contribution is 5.65. The quantitative estimate of drug-likeness (QED) is 0.782. The van der Waals surface area contributed by atoms with Gasteiger partial charge in [-0.1, -0.05) is 30.3 Å². The Hall–Kier alpha value is -2.56. The van der Waals surface area contributed by atoms with E-state index in [4.69, 9.17) is 13.9 Å². The Balaban J connectivity index is 1.99. The van der Waals surface area contributed by atoms with Crippen LogP contribution in [-0.2, 0) is 22.7 Å². The van der Waals surface area contributed by atoms with Crippen molar-refractivity contribution in [1.29, 1.82) is 0 Å². The summed E-state index contributed by atoms with van der Waals surface area (Å²) in [5, 5.41) is 0. The van der Waals surface area contributed by atoms with Gasteiger partial charge in [0.1, 0.15) is 25.2 Å². The molecule has 0 bridgehead atoms. The van der Waals surface area contributed by atoms with Crippen LogP contribution in [0.15, 0.2) is 51.9 Å². The lowest BCUT2D eigenvalue weighted by atomic mass is 10.2. The van der Waals surface area contributed by atoms with Crippen LogP contribution in [0, 0.1) is 0 Å². The predicted octanol–water partition coefficient (Wildman–Crippen LogP) is 2.28. The molecule has 0 aliphatic rings. The van der Waals surface area contributed by atoms with Crippen LogP contribution in [0.1, 0.15) is 18.2 Å². The van der Waals surface area contributed by atoms with E-state index in [1.807, 2.05) is 30.3 Å². The molecule has 0 aliphatic carbocycles. The average molecular weight is 274 g/mol. The van der Waals surface area contributed by atoms with Gasteiger partial charge in [-0.25, -0.2) is 0 Å². The molecular formula is C15H14O5. The van der Waals surface area contributed by atoms with E-state index in [0.717, 1.165) is 5.56 Å². The fourth-order valence-corrected chi connectivity index (χ4v) is 1.53. The molecule has 0 N–H and O–H groups in total. The zero-order chi connectivity index (χ0) is 14.4. The maximum absolute atomic E-state index is 11.8. The zero-order valence-electron chi connectivity index (χ0n) is 11.0. The number of esters is 1. The van der Waals surface area contributed by atoms with Crippen molar-refractivity contribution in [2.75, 3.05) is 0 Å². The summed E-state index contributed by atoms with van der Waals surface area (Å²) >= 11 is 0. The lowest BCUT2D eigenvalue weighted by molar-refractivity contribution is -0.142. The molecule has 0 saturated heterocycles. The second kappa shape index (κ2) is 6.56. The van der Waals surface area contributed by atoms with E-state index in [-0.39, 0.29) is 30.2 Å². The van der Waals surface area contributed by atoms with Crippen molar-refractivity contribution in [3.05, 3.63) is 64.2 Å². The lowest BCUT2D eigenvalue weighted by Crippen LogP contribution is -2.09. The van der Waals surface area contributed by atoms with Crippen molar-refractivity contribution in [2.45, 2.75) is 20.1 Å². The number of ether oxygens (including phenoxy) is 2. The van der Waals surface area contributed by atoms with Crippen molar-refractivity contribution in [3.8, 4) is 5.75 Å². The van der Waals surface area contributed by atoms with Gasteiger partial charge < -0.3 is 13.9 Å². The summed E-state index contributed by atoms with van der Waals surface area (Å²) in [4.78, 5) is 22.4. The van der Waals surface area contributed by atoms with Crippen LogP contribution in [0.25, 0.3) is 0 Å². The maximum atomic E-state index is 11.8. The van der Waals surface area contributed by atoms with E-state index in [2.05, 4.69) is 0 Å². The molecule has 5 heteroatoms. The number of hydrogen-bond donors (Lipinski definition) is 0. The molecule has 0 unspecified atom stereocenters.